The van der Waals surface area contributed by atoms with Crippen LogP contribution in [0.15, 0.2) is 28.7 Å². The first-order valence-corrected chi connectivity index (χ1v) is 6.71. The number of halogens is 1. The van der Waals surface area contributed by atoms with Crippen molar-refractivity contribution in [2.45, 2.75) is 26.4 Å². The molecule has 0 spiro atoms. The van der Waals surface area contributed by atoms with Gasteiger partial charge in [-0.05, 0) is 31.0 Å². The molecule has 3 nitrogen and oxygen atoms in total. The van der Waals surface area contributed by atoms with Gasteiger partial charge in [0.15, 0.2) is 0 Å². The Morgan fingerprint density at radius 2 is 2.11 bits per heavy atom. The Bertz CT molecular complexity index is 563. The number of hydrogen-bond donors (Lipinski definition) is 1. The number of hydrogen-bond acceptors (Lipinski definition) is 2. The lowest BCUT2D eigenvalue weighted by Crippen LogP contribution is -2.07. The third-order valence-electron chi connectivity index (χ3n) is 3.08. The molecule has 0 saturated carbocycles. The van der Waals surface area contributed by atoms with E-state index in [1.54, 1.807) is 0 Å². The predicted molar refractivity (Wildman–Crippen MR) is 75.5 cm³/mol. The summed E-state index contributed by atoms with van der Waals surface area (Å²) in [5.74, 6) is 0. The minimum atomic E-state index is -0.519. The van der Waals surface area contributed by atoms with Gasteiger partial charge in [-0.15, -0.1) is 0 Å². The summed E-state index contributed by atoms with van der Waals surface area (Å²) in [4.78, 5) is 0. The number of nitrogens with zero attached hydrogens (tertiary/aromatic N) is 2. The molecule has 18 heavy (non-hydrogen) atoms. The molecule has 2 aromatic rings. The highest BCUT2D eigenvalue weighted by Crippen LogP contribution is 2.28. The van der Waals surface area contributed by atoms with Crippen LogP contribution in [0, 0.1) is 13.8 Å². The van der Waals surface area contributed by atoms with Crippen molar-refractivity contribution in [2.75, 3.05) is 0 Å². The third-order valence-corrected chi connectivity index (χ3v) is 4.17. The van der Waals surface area contributed by atoms with Crippen LogP contribution in [0.5, 0.6) is 0 Å². The highest BCUT2D eigenvalue weighted by atomic mass is 79.9. The minimum absolute atomic E-state index is 0.519. The number of rotatable bonds is 3. The zero-order valence-corrected chi connectivity index (χ0v) is 12.4. The van der Waals surface area contributed by atoms with Gasteiger partial charge < -0.3 is 5.11 Å². The van der Waals surface area contributed by atoms with Crippen molar-refractivity contribution in [3.8, 4) is 0 Å². The molecule has 2 rings (SSSR count). The van der Waals surface area contributed by atoms with Gasteiger partial charge in [0.2, 0.25) is 0 Å². The summed E-state index contributed by atoms with van der Waals surface area (Å²) in [5.41, 5.74) is 4.07. The van der Waals surface area contributed by atoms with Crippen LogP contribution >= 0.6 is 15.9 Å². The van der Waals surface area contributed by atoms with Crippen LogP contribution in [-0.2, 0) is 13.5 Å². The molecule has 1 N–H and O–H groups in total. The first kappa shape index (κ1) is 13.3. The molecule has 4 heteroatoms. The SMILES string of the molecule is Cc1cc(CC(O)c2cccc(C)c2Br)n(C)n1. The maximum absolute atomic E-state index is 10.3. The molecular formula is C14H17BrN2O. The molecule has 1 aromatic heterocycles. The summed E-state index contributed by atoms with van der Waals surface area (Å²) in [5, 5.41) is 14.6. The largest absolute Gasteiger partial charge is 0.388 e. The summed E-state index contributed by atoms with van der Waals surface area (Å²) in [6, 6.07) is 7.94. The van der Waals surface area contributed by atoms with E-state index in [2.05, 4.69) is 21.0 Å². The fraction of sp³-hybridized carbons (Fsp3) is 0.357. The van der Waals surface area contributed by atoms with Gasteiger partial charge in [0.1, 0.15) is 0 Å². The molecule has 96 valence electrons. The van der Waals surface area contributed by atoms with Crippen molar-refractivity contribution in [1.82, 2.24) is 9.78 Å². The first-order valence-electron chi connectivity index (χ1n) is 5.91. The number of aromatic nitrogens is 2. The lowest BCUT2D eigenvalue weighted by atomic mass is 10.0. The zero-order chi connectivity index (χ0) is 13.3. The van der Waals surface area contributed by atoms with E-state index in [-0.39, 0.29) is 0 Å². The third kappa shape index (κ3) is 2.65. The van der Waals surface area contributed by atoms with Crippen molar-refractivity contribution in [3.63, 3.8) is 0 Å². The quantitative estimate of drug-likeness (QED) is 0.946. The summed E-state index contributed by atoms with van der Waals surface area (Å²) in [7, 11) is 1.90. The number of aliphatic hydroxyl groups excluding tert-OH is 1. The van der Waals surface area contributed by atoms with Gasteiger partial charge in [0.05, 0.1) is 11.8 Å². The average molecular weight is 309 g/mol. The standard InChI is InChI=1S/C14H17BrN2O/c1-9-5-4-6-12(14(9)15)13(18)8-11-7-10(2)16-17(11)3/h4-7,13,18H,8H2,1-3H3. The molecule has 0 bridgehead atoms. The fourth-order valence-electron chi connectivity index (χ4n) is 2.09. The summed E-state index contributed by atoms with van der Waals surface area (Å²) in [6.45, 7) is 3.98. The van der Waals surface area contributed by atoms with Crippen molar-refractivity contribution in [3.05, 3.63) is 51.3 Å². The van der Waals surface area contributed by atoms with Crippen LogP contribution in [0.2, 0.25) is 0 Å². The van der Waals surface area contributed by atoms with Crippen LogP contribution in [0.4, 0.5) is 0 Å². The molecule has 0 radical (unpaired) electrons. The molecule has 1 aromatic carbocycles. The molecule has 0 amide bonds. The second-order valence-corrected chi connectivity index (χ2v) is 5.39. The van der Waals surface area contributed by atoms with Crippen LogP contribution < -0.4 is 0 Å². The van der Waals surface area contributed by atoms with Crippen molar-refractivity contribution < 1.29 is 5.11 Å². The molecule has 1 unspecified atom stereocenters. The van der Waals surface area contributed by atoms with Crippen LogP contribution in [0.25, 0.3) is 0 Å². The van der Waals surface area contributed by atoms with E-state index in [9.17, 15) is 5.11 Å². The molecular weight excluding hydrogens is 292 g/mol. The highest BCUT2D eigenvalue weighted by Gasteiger charge is 2.15. The Hall–Kier alpha value is -1.13. The second kappa shape index (κ2) is 5.24. The van der Waals surface area contributed by atoms with Gasteiger partial charge in [-0.2, -0.15) is 5.10 Å². The van der Waals surface area contributed by atoms with Crippen molar-refractivity contribution in [2.24, 2.45) is 7.05 Å². The van der Waals surface area contributed by atoms with Gasteiger partial charge in [-0.1, -0.05) is 34.1 Å². The van der Waals surface area contributed by atoms with E-state index < -0.39 is 6.10 Å². The fourth-order valence-corrected chi connectivity index (χ4v) is 2.62. The highest BCUT2D eigenvalue weighted by molar-refractivity contribution is 9.10. The summed E-state index contributed by atoms with van der Waals surface area (Å²) in [6.07, 6.45) is 0.0495. The van der Waals surface area contributed by atoms with Crippen molar-refractivity contribution in [1.29, 1.82) is 0 Å². The lowest BCUT2D eigenvalue weighted by Gasteiger charge is -2.14. The summed E-state index contributed by atoms with van der Waals surface area (Å²) < 4.78 is 2.80. The monoisotopic (exact) mass is 308 g/mol. The van der Waals surface area contributed by atoms with Crippen LogP contribution in [0.3, 0.4) is 0 Å². The predicted octanol–water partition coefficient (Wildman–Crippen LogP) is 3.08. The Balaban J connectivity index is 2.24. The Labute approximate surface area is 116 Å². The van der Waals surface area contributed by atoms with E-state index in [1.165, 1.54) is 0 Å². The van der Waals surface area contributed by atoms with E-state index >= 15 is 0 Å². The van der Waals surface area contributed by atoms with E-state index in [1.807, 2.05) is 49.8 Å². The molecule has 1 heterocycles. The lowest BCUT2D eigenvalue weighted by molar-refractivity contribution is 0.175. The molecule has 0 saturated heterocycles. The number of aliphatic hydroxyl groups is 1. The van der Waals surface area contributed by atoms with Crippen LogP contribution in [0.1, 0.15) is 28.6 Å². The van der Waals surface area contributed by atoms with Crippen molar-refractivity contribution >= 4 is 15.9 Å². The average Bonchev–Trinajstić information content (AvgIpc) is 2.61. The molecule has 0 fully saturated rings. The number of benzene rings is 1. The molecule has 1 atom stereocenters. The Morgan fingerprint density at radius 3 is 2.72 bits per heavy atom. The van der Waals surface area contributed by atoms with E-state index in [4.69, 9.17) is 0 Å². The van der Waals surface area contributed by atoms with Gasteiger partial charge in [0, 0.05) is 23.6 Å². The maximum Gasteiger partial charge on any atom is 0.0856 e. The normalized spacial score (nSPS) is 12.7. The number of aryl methyl sites for hydroxylation is 3. The van der Waals surface area contributed by atoms with Gasteiger partial charge in [-0.3, -0.25) is 4.68 Å². The first-order chi connectivity index (χ1) is 8.49. The topological polar surface area (TPSA) is 38.0 Å². The van der Waals surface area contributed by atoms with Gasteiger partial charge in [-0.25, -0.2) is 0 Å². The molecule has 0 aliphatic carbocycles. The van der Waals surface area contributed by atoms with Crippen LogP contribution in [-0.4, -0.2) is 14.9 Å². The van der Waals surface area contributed by atoms with Gasteiger partial charge in [0.25, 0.3) is 0 Å². The molecule has 0 aliphatic heterocycles. The maximum atomic E-state index is 10.3. The zero-order valence-electron chi connectivity index (χ0n) is 10.8. The van der Waals surface area contributed by atoms with E-state index in [0.717, 1.165) is 27.0 Å². The minimum Gasteiger partial charge on any atom is -0.388 e. The summed E-state index contributed by atoms with van der Waals surface area (Å²) >= 11 is 3.54. The van der Waals surface area contributed by atoms with E-state index in [0.29, 0.717) is 6.42 Å². The van der Waals surface area contributed by atoms with Gasteiger partial charge >= 0.3 is 0 Å². The Kier molecular flexibility index (Phi) is 3.88. The molecule has 0 aliphatic rings. The second-order valence-electron chi connectivity index (χ2n) is 4.60. The smallest absolute Gasteiger partial charge is 0.0856 e. The Morgan fingerprint density at radius 1 is 1.39 bits per heavy atom.